The molecule has 2 fully saturated rings. The Morgan fingerprint density at radius 1 is 1.03 bits per heavy atom. The molecule has 2 bridgehead atoms. The minimum atomic E-state index is 0.119. The van der Waals surface area contributed by atoms with Crippen LogP contribution in [0.25, 0.3) is 10.9 Å². The molecule has 2 aliphatic carbocycles. The minimum absolute atomic E-state index is 0.119. The number of nitrogen functional groups attached to an aromatic ring is 1. The normalized spacial score (nSPS) is 31.1. The molecule has 6 heteroatoms. The van der Waals surface area contributed by atoms with Gasteiger partial charge in [-0.05, 0) is 84.2 Å². The number of amides is 1. The lowest BCUT2D eigenvalue weighted by Crippen LogP contribution is -2.36. The van der Waals surface area contributed by atoms with Gasteiger partial charge in [-0.1, -0.05) is 12.1 Å². The van der Waals surface area contributed by atoms with E-state index >= 15 is 0 Å². The lowest BCUT2D eigenvalue weighted by atomic mass is 9.67. The van der Waals surface area contributed by atoms with Crippen molar-refractivity contribution in [1.82, 2.24) is 10.2 Å². The molecule has 3 heterocycles. The smallest absolute Gasteiger partial charge is 0.224 e. The molecule has 0 radical (unpaired) electrons. The average Bonchev–Trinajstić information content (AvgIpc) is 3.47. The largest absolute Gasteiger partial charge is 0.382 e. The summed E-state index contributed by atoms with van der Waals surface area (Å²) in [5.41, 5.74) is 13.3. The average molecular weight is 399 g/mol. The molecule has 152 valence electrons. The van der Waals surface area contributed by atoms with E-state index in [2.05, 4.69) is 51.2 Å². The summed E-state index contributed by atoms with van der Waals surface area (Å²) in [7, 11) is 0. The maximum absolute atomic E-state index is 11.9. The number of fused-ring (bicyclic) bond motifs is 9. The molecule has 4 aliphatic rings. The highest BCUT2D eigenvalue weighted by atomic mass is 16.1. The van der Waals surface area contributed by atoms with Gasteiger partial charge in [-0.3, -0.25) is 9.89 Å². The van der Waals surface area contributed by atoms with Crippen molar-refractivity contribution in [1.29, 1.82) is 0 Å². The summed E-state index contributed by atoms with van der Waals surface area (Å²) in [4.78, 5) is 11.9. The quantitative estimate of drug-likeness (QED) is 0.490. The minimum Gasteiger partial charge on any atom is -0.382 e. The van der Waals surface area contributed by atoms with Crippen LogP contribution in [0.5, 0.6) is 0 Å². The van der Waals surface area contributed by atoms with Crippen LogP contribution in [0, 0.1) is 17.8 Å². The summed E-state index contributed by atoms with van der Waals surface area (Å²) in [6, 6.07) is 11.4. The van der Waals surface area contributed by atoms with E-state index in [-0.39, 0.29) is 11.9 Å². The molecule has 0 spiro atoms. The van der Waals surface area contributed by atoms with E-state index in [4.69, 9.17) is 5.73 Å². The second kappa shape index (κ2) is 5.78. The van der Waals surface area contributed by atoms with Crippen LogP contribution in [0.15, 0.2) is 30.3 Å². The van der Waals surface area contributed by atoms with Crippen LogP contribution in [0.2, 0.25) is 0 Å². The zero-order valence-electron chi connectivity index (χ0n) is 16.7. The Hall–Kier alpha value is -3.02. The van der Waals surface area contributed by atoms with Crippen LogP contribution in [-0.4, -0.2) is 16.1 Å². The first-order chi connectivity index (χ1) is 14.7. The molecule has 5 atom stereocenters. The van der Waals surface area contributed by atoms with E-state index in [1.54, 1.807) is 0 Å². The number of hydrogen-bond donors (Lipinski definition) is 4. The monoisotopic (exact) mass is 399 g/mol. The molecule has 3 aromatic rings. The van der Waals surface area contributed by atoms with Crippen LogP contribution in [0.3, 0.4) is 0 Å². The van der Waals surface area contributed by atoms with Crippen molar-refractivity contribution in [2.45, 2.75) is 44.1 Å². The Morgan fingerprint density at radius 3 is 2.87 bits per heavy atom. The third-order valence-electron chi connectivity index (χ3n) is 8.18. The van der Waals surface area contributed by atoms with Gasteiger partial charge >= 0.3 is 0 Å². The Morgan fingerprint density at radius 2 is 1.93 bits per heavy atom. The number of rotatable bonds is 1. The number of aromatic nitrogens is 2. The number of H-pyrrole nitrogens is 1. The molecule has 2 saturated carbocycles. The topological polar surface area (TPSA) is 95.8 Å². The van der Waals surface area contributed by atoms with Gasteiger partial charge < -0.3 is 16.4 Å². The number of nitrogens with zero attached hydrogens (tertiary/aromatic N) is 1. The Bertz CT molecular complexity index is 1210. The molecule has 1 amide bonds. The first-order valence-corrected chi connectivity index (χ1v) is 11.1. The summed E-state index contributed by atoms with van der Waals surface area (Å²) in [6.45, 7) is 0. The van der Waals surface area contributed by atoms with Crippen LogP contribution >= 0.6 is 0 Å². The van der Waals surface area contributed by atoms with Crippen molar-refractivity contribution < 1.29 is 4.79 Å². The number of benzene rings is 2. The van der Waals surface area contributed by atoms with Crippen LogP contribution in [0.4, 0.5) is 17.2 Å². The molecular formula is C24H25N5O. The number of aryl methyl sites for hydroxylation is 1. The van der Waals surface area contributed by atoms with E-state index in [1.165, 1.54) is 41.6 Å². The van der Waals surface area contributed by atoms with Gasteiger partial charge in [-0.2, -0.15) is 5.10 Å². The van der Waals surface area contributed by atoms with Crippen molar-refractivity contribution >= 4 is 34.0 Å². The van der Waals surface area contributed by atoms with Crippen molar-refractivity contribution in [3.63, 3.8) is 0 Å². The number of nitrogens with one attached hydrogen (secondary N) is 3. The number of carbonyl (C=O) groups excluding carboxylic acids is 1. The Labute approximate surface area is 174 Å². The highest BCUT2D eigenvalue weighted by Gasteiger charge is 2.54. The number of aromatic amines is 1. The fourth-order valence-corrected chi connectivity index (χ4v) is 6.94. The summed E-state index contributed by atoms with van der Waals surface area (Å²) in [5.74, 6) is 3.45. The molecule has 2 aromatic carbocycles. The standard InChI is InChI=1S/C24H25N5O/c25-24-16-9-14(3-5-17(16)28-29-24)23-22-13-2-1-12(7-13)21(22)15-8-11-4-6-20(30)26-18(11)10-19(15)27-23/h3,5,8-10,12-13,21-23,27H,1-2,4,6-7H2,(H,26,30)(H3,25,28,29). The fraction of sp³-hybridized carbons (Fsp3) is 0.417. The third-order valence-corrected chi connectivity index (χ3v) is 8.18. The van der Waals surface area contributed by atoms with Gasteiger partial charge in [-0.15, -0.1) is 0 Å². The van der Waals surface area contributed by atoms with E-state index in [0.717, 1.165) is 34.8 Å². The predicted molar refractivity (Wildman–Crippen MR) is 117 cm³/mol. The Balaban J connectivity index is 1.38. The summed E-state index contributed by atoms with van der Waals surface area (Å²) < 4.78 is 0. The van der Waals surface area contributed by atoms with Crippen LogP contribution < -0.4 is 16.4 Å². The van der Waals surface area contributed by atoms with Gasteiger partial charge in [-0.25, -0.2) is 0 Å². The zero-order valence-corrected chi connectivity index (χ0v) is 16.7. The lowest BCUT2D eigenvalue weighted by Gasteiger charge is -2.44. The van der Waals surface area contributed by atoms with Gasteiger partial charge in [0.05, 0.1) is 11.6 Å². The molecule has 7 rings (SSSR count). The predicted octanol–water partition coefficient (Wildman–Crippen LogP) is 4.33. The molecule has 6 nitrogen and oxygen atoms in total. The molecule has 5 unspecified atom stereocenters. The number of anilines is 3. The van der Waals surface area contributed by atoms with Gasteiger partial charge in [0.1, 0.15) is 0 Å². The van der Waals surface area contributed by atoms with Crippen molar-refractivity contribution in [2.75, 3.05) is 16.4 Å². The highest BCUT2D eigenvalue weighted by Crippen LogP contribution is 2.64. The van der Waals surface area contributed by atoms with E-state index in [0.29, 0.717) is 24.1 Å². The van der Waals surface area contributed by atoms with E-state index in [9.17, 15) is 4.79 Å². The maximum Gasteiger partial charge on any atom is 0.224 e. The fourth-order valence-electron chi connectivity index (χ4n) is 6.94. The van der Waals surface area contributed by atoms with Crippen molar-refractivity contribution in [3.05, 3.63) is 47.0 Å². The number of nitrogens with two attached hydrogens (primary N) is 1. The van der Waals surface area contributed by atoms with Crippen LogP contribution in [0.1, 0.15) is 54.3 Å². The molecule has 1 aromatic heterocycles. The van der Waals surface area contributed by atoms with Gasteiger partial charge in [0, 0.05) is 23.2 Å². The van der Waals surface area contributed by atoms with Crippen LogP contribution in [-0.2, 0) is 11.2 Å². The maximum atomic E-state index is 11.9. The van der Waals surface area contributed by atoms with E-state index < -0.39 is 0 Å². The SMILES string of the molecule is Nc1n[nH]c2ccc(C3Nc4cc5c(cc4C4C6CCC(C6)C34)CCC(=O)N5)cc12. The molecule has 5 N–H and O–H groups in total. The summed E-state index contributed by atoms with van der Waals surface area (Å²) >= 11 is 0. The zero-order chi connectivity index (χ0) is 20.0. The first-order valence-electron chi connectivity index (χ1n) is 11.1. The summed E-state index contributed by atoms with van der Waals surface area (Å²) in [6.07, 6.45) is 5.47. The Kier molecular flexibility index (Phi) is 3.22. The van der Waals surface area contributed by atoms with Gasteiger partial charge in [0.15, 0.2) is 5.82 Å². The third kappa shape index (κ3) is 2.19. The molecule has 30 heavy (non-hydrogen) atoms. The van der Waals surface area contributed by atoms with Gasteiger partial charge in [0.25, 0.3) is 0 Å². The lowest BCUT2D eigenvalue weighted by molar-refractivity contribution is -0.116. The number of carbonyl (C=O) groups is 1. The van der Waals surface area contributed by atoms with Gasteiger partial charge in [0.2, 0.25) is 5.91 Å². The summed E-state index contributed by atoms with van der Waals surface area (Å²) in [5, 5.41) is 15.1. The highest BCUT2D eigenvalue weighted by molar-refractivity contribution is 5.95. The second-order valence-corrected chi connectivity index (χ2v) is 9.62. The second-order valence-electron chi connectivity index (χ2n) is 9.62. The van der Waals surface area contributed by atoms with E-state index in [1.807, 2.05) is 0 Å². The molecule has 0 saturated heterocycles. The molecular weight excluding hydrogens is 374 g/mol. The first kappa shape index (κ1) is 16.7. The van der Waals surface area contributed by atoms with Crippen molar-refractivity contribution in [2.24, 2.45) is 17.8 Å². The van der Waals surface area contributed by atoms with Crippen molar-refractivity contribution in [3.8, 4) is 0 Å². The molecule has 2 aliphatic heterocycles. The number of hydrogen-bond acceptors (Lipinski definition) is 4.